The maximum absolute atomic E-state index is 5.36. The number of benzene rings is 1. The highest BCUT2D eigenvalue weighted by Gasteiger charge is 2.09. The molecular weight excluding hydrogens is 286 g/mol. The Balaban J connectivity index is 1.98. The normalized spacial score (nSPS) is 14.3. The van der Waals surface area contributed by atoms with Crippen molar-refractivity contribution in [3.63, 3.8) is 0 Å². The third kappa shape index (κ3) is 5.81. The second kappa shape index (κ2) is 9.03. The van der Waals surface area contributed by atoms with Crippen LogP contribution in [-0.2, 0) is 6.42 Å². The van der Waals surface area contributed by atoms with Gasteiger partial charge in [0.25, 0.3) is 0 Å². The van der Waals surface area contributed by atoms with Crippen molar-refractivity contribution in [2.75, 3.05) is 6.54 Å². The molecule has 1 aromatic carbocycles. The molecule has 124 valence electrons. The van der Waals surface area contributed by atoms with Gasteiger partial charge in [-0.2, -0.15) is 0 Å². The molecule has 0 bridgehead atoms. The number of furan rings is 1. The van der Waals surface area contributed by atoms with Gasteiger partial charge in [0, 0.05) is 19.0 Å². The number of aliphatic imine (C=N–C) groups is 1. The third-order valence-corrected chi connectivity index (χ3v) is 3.86. The van der Waals surface area contributed by atoms with Gasteiger partial charge in [0.05, 0.1) is 12.3 Å². The third-order valence-electron chi connectivity index (χ3n) is 3.86. The molecule has 0 radical (unpaired) electrons. The molecule has 0 saturated carbocycles. The number of nitrogens with one attached hydrogen (secondary N) is 2. The summed E-state index contributed by atoms with van der Waals surface area (Å²) in [5.74, 6) is 1.81. The lowest BCUT2D eigenvalue weighted by atomic mass is 10.1. The molecule has 2 N–H and O–H groups in total. The second-order valence-corrected chi connectivity index (χ2v) is 5.79. The van der Waals surface area contributed by atoms with Gasteiger partial charge in [-0.1, -0.05) is 37.3 Å². The largest absolute Gasteiger partial charge is 0.469 e. The summed E-state index contributed by atoms with van der Waals surface area (Å²) in [6, 6.07) is 14.9. The van der Waals surface area contributed by atoms with Gasteiger partial charge in [-0.3, -0.25) is 4.99 Å². The Morgan fingerprint density at radius 3 is 2.52 bits per heavy atom. The molecular formula is C19H27N3O. The van der Waals surface area contributed by atoms with E-state index in [-0.39, 0.29) is 6.04 Å². The molecule has 2 atom stereocenters. The molecule has 4 heteroatoms. The molecule has 1 aromatic heterocycles. The van der Waals surface area contributed by atoms with Gasteiger partial charge < -0.3 is 15.1 Å². The topological polar surface area (TPSA) is 49.6 Å². The fourth-order valence-corrected chi connectivity index (χ4v) is 2.23. The lowest BCUT2D eigenvalue weighted by Gasteiger charge is -2.21. The summed E-state index contributed by atoms with van der Waals surface area (Å²) < 4.78 is 5.36. The van der Waals surface area contributed by atoms with Crippen LogP contribution in [0, 0.1) is 0 Å². The molecule has 4 nitrogen and oxygen atoms in total. The van der Waals surface area contributed by atoms with Gasteiger partial charge in [-0.05, 0) is 38.0 Å². The lowest BCUT2D eigenvalue weighted by molar-refractivity contribution is 0.510. The minimum absolute atomic E-state index is 0.204. The molecule has 2 unspecified atom stereocenters. The van der Waals surface area contributed by atoms with E-state index in [0.717, 1.165) is 24.6 Å². The van der Waals surface area contributed by atoms with E-state index in [0.29, 0.717) is 12.6 Å². The molecule has 0 saturated heterocycles. The summed E-state index contributed by atoms with van der Waals surface area (Å²) in [6.45, 7) is 7.17. The Morgan fingerprint density at radius 2 is 1.87 bits per heavy atom. The van der Waals surface area contributed by atoms with Gasteiger partial charge in [0.2, 0.25) is 0 Å². The fourth-order valence-electron chi connectivity index (χ4n) is 2.23. The molecule has 0 amide bonds. The quantitative estimate of drug-likeness (QED) is 0.602. The Morgan fingerprint density at radius 1 is 1.09 bits per heavy atom. The zero-order valence-corrected chi connectivity index (χ0v) is 14.3. The van der Waals surface area contributed by atoms with E-state index in [1.165, 1.54) is 5.56 Å². The minimum atomic E-state index is 0.204. The van der Waals surface area contributed by atoms with Gasteiger partial charge in [0.1, 0.15) is 5.76 Å². The zero-order chi connectivity index (χ0) is 16.5. The number of guanidine groups is 1. The Bertz CT molecular complexity index is 578. The summed E-state index contributed by atoms with van der Waals surface area (Å²) >= 11 is 0. The van der Waals surface area contributed by atoms with Crippen LogP contribution in [0.25, 0.3) is 0 Å². The molecule has 0 aliphatic heterocycles. The van der Waals surface area contributed by atoms with Crippen LogP contribution in [0.4, 0.5) is 0 Å². The highest BCUT2D eigenvalue weighted by Crippen LogP contribution is 2.11. The van der Waals surface area contributed by atoms with Crippen molar-refractivity contribution in [3.05, 3.63) is 60.1 Å². The summed E-state index contributed by atoms with van der Waals surface area (Å²) in [4.78, 5) is 4.69. The summed E-state index contributed by atoms with van der Waals surface area (Å²) in [5, 5.41) is 6.94. The van der Waals surface area contributed by atoms with Crippen molar-refractivity contribution in [2.45, 2.75) is 45.7 Å². The van der Waals surface area contributed by atoms with Crippen molar-refractivity contribution in [2.24, 2.45) is 4.99 Å². The van der Waals surface area contributed by atoms with Crippen LogP contribution < -0.4 is 10.6 Å². The molecule has 23 heavy (non-hydrogen) atoms. The van der Waals surface area contributed by atoms with Crippen LogP contribution in [0.15, 0.2) is 58.1 Å². The molecule has 2 rings (SSSR count). The first-order chi connectivity index (χ1) is 11.2. The highest BCUT2D eigenvalue weighted by atomic mass is 16.3. The zero-order valence-electron chi connectivity index (χ0n) is 14.3. The first-order valence-electron chi connectivity index (χ1n) is 8.34. The predicted octanol–water partition coefficient (Wildman–Crippen LogP) is 3.92. The molecule has 0 fully saturated rings. The maximum atomic E-state index is 5.36. The van der Waals surface area contributed by atoms with Crippen LogP contribution in [0.2, 0.25) is 0 Å². The average Bonchev–Trinajstić information content (AvgIpc) is 3.08. The van der Waals surface area contributed by atoms with E-state index < -0.39 is 0 Å². The van der Waals surface area contributed by atoms with E-state index in [1.54, 1.807) is 6.26 Å². The Hall–Kier alpha value is -2.23. The van der Waals surface area contributed by atoms with Crippen molar-refractivity contribution < 1.29 is 4.42 Å². The molecule has 2 aromatic rings. The molecule has 1 heterocycles. The Labute approximate surface area is 139 Å². The summed E-state index contributed by atoms with van der Waals surface area (Å²) in [6.07, 6.45) is 3.56. The first kappa shape index (κ1) is 17.1. The molecule has 0 aliphatic carbocycles. The average molecular weight is 313 g/mol. The van der Waals surface area contributed by atoms with Gasteiger partial charge in [0.15, 0.2) is 5.96 Å². The lowest BCUT2D eigenvalue weighted by Crippen LogP contribution is -2.43. The highest BCUT2D eigenvalue weighted by molar-refractivity contribution is 5.80. The number of hydrogen-bond acceptors (Lipinski definition) is 2. The van der Waals surface area contributed by atoms with E-state index in [2.05, 4.69) is 60.7 Å². The van der Waals surface area contributed by atoms with Gasteiger partial charge in [-0.15, -0.1) is 0 Å². The smallest absolute Gasteiger partial charge is 0.191 e. The van der Waals surface area contributed by atoms with Crippen molar-refractivity contribution in [3.8, 4) is 0 Å². The van der Waals surface area contributed by atoms with Crippen LogP contribution >= 0.6 is 0 Å². The number of nitrogens with zero attached hydrogens (tertiary/aromatic N) is 1. The van der Waals surface area contributed by atoms with Crippen LogP contribution in [0.5, 0.6) is 0 Å². The van der Waals surface area contributed by atoms with Crippen molar-refractivity contribution in [1.82, 2.24) is 10.6 Å². The SMILES string of the molecule is CCC(C)NC(=NCCc1ccco1)NC(C)c1ccccc1. The fraction of sp³-hybridized carbons (Fsp3) is 0.421. The van der Waals surface area contributed by atoms with E-state index >= 15 is 0 Å². The van der Waals surface area contributed by atoms with Crippen LogP contribution in [0.3, 0.4) is 0 Å². The number of rotatable bonds is 7. The van der Waals surface area contributed by atoms with E-state index in [9.17, 15) is 0 Å². The standard InChI is InChI=1S/C19H27N3O/c1-4-15(2)21-19(20-13-12-18-11-8-14-23-18)22-16(3)17-9-6-5-7-10-17/h5-11,14-16H,4,12-13H2,1-3H3,(H2,20,21,22). The van der Waals surface area contributed by atoms with Crippen LogP contribution in [-0.4, -0.2) is 18.5 Å². The van der Waals surface area contributed by atoms with Crippen molar-refractivity contribution >= 4 is 5.96 Å². The van der Waals surface area contributed by atoms with E-state index in [1.807, 2.05) is 18.2 Å². The van der Waals surface area contributed by atoms with Crippen LogP contribution in [0.1, 0.15) is 44.6 Å². The van der Waals surface area contributed by atoms with Crippen molar-refractivity contribution in [1.29, 1.82) is 0 Å². The molecule has 0 aliphatic rings. The summed E-state index contributed by atoms with van der Waals surface area (Å²) in [7, 11) is 0. The van der Waals surface area contributed by atoms with Gasteiger partial charge in [-0.25, -0.2) is 0 Å². The monoisotopic (exact) mass is 313 g/mol. The minimum Gasteiger partial charge on any atom is -0.469 e. The predicted molar refractivity (Wildman–Crippen MR) is 95.6 cm³/mol. The maximum Gasteiger partial charge on any atom is 0.191 e. The summed E-state index contributed by atoms with van der Waals surface area (Å²) in [5.41, 5.74) is 1.25. The second-order valence-electron chi connectivity index (χ2n) is 5.79. The Kier molecular flexibility index (Phi) is 6.73. The first-order valence-corrected chi connectivity index (χ1v) is 8.34. The van der Waals surface area contributed by atoms with Gasteiger partial charge >= 0.3 is 0 Å². The number of hydrogen-bond donors (Lipinski definition) is 2. The van der Waals surface area contributed by atoms with E-state index in [4.69, 9.17) is 4.42 Å². The molecule has 0 spiro atoms.